The molecule has 1 atom stereocenters. The first kappa shape index (κ1) is 9.01. The Balaban J connectivity index is 3.82. The predicted octanol–water partition coefficient (Wildman–Crippen LogP) is 0.615. The maximum atomic E-state index is 5.19. The van der Waals surface area contributed by atoms with Gasteiger partial charge >= 0.3 is 0 Å². The second-order valence-electron chi connectivity index (χ2n) is 2.14. The van der Waals surface area contributed by atoms with Gasteiger partial charge in [0.1, 0.15) is 0 Å². The van der Waals surface area contributed by atoms with Crippen LogP contribution in [0.15, 0.2) is 17.6 Å². The Hall–Kier alpha value is -0.990. The summed E-state index contributed by atoms with van der Waals surface area (Å²) in [7, 11) is 0. The molecule has 58 valence electrons. The number of rotatable bonds is 4. The SMILES string of the molecule is C=CCC(CC)N=C(N)N. The summed E-state index contributed by atoms with van der Waals surface area (Å²) in [6.07, 6.45) is 3.61. The molecule has 10 heavy (non-hydrogen) atoms. The van der Waals surface area contributed by atoms with E-state index < -0.39 is 0 Å². The van der Waals surface area contributed by atoms with E-state index in [9.17, 15) is 0 Å². The monoisotopic (exact) mass is 141 g/mol. The zero-order chi connectivity index (χ0) is 7.98. The van der Waals surface area contributed by atoms with Gasteiger partial charge in [-0.05, 0) is 12.8 Å². The van der Waals surface area contributed by atoms with Crippen molar-refractivity contribution in [2.45, 2.75) is 25.8 Å². The van der Waals surface area contributed by atoms with Crippen LogP contribution >= 0.6 is 0 Å². The first-order chi connectivity index (χ1) is 4.70. The minimum atomic E-state index is 0.161. The number of aliphatic imine (C=N–C) groups is 1. The van der Waals surface area contributed by atoms with Crippen molar-refractivity contribution in [3.05, 3.63) is 12.7 Å². The third kappa shape index (κ3) is 3.95. The minimum Gasteiger partial charge on any atom is -0.370 e. The summed E-state index contributed by atoms with van der Waals surface area (Å²) in [6.45, 7) is 5.65. The highest BCUT2D eigenvalue weighted by molar-refractivity contribution is 5.75. The molecule has 0 heterocycles. The molecule has 0 aliphatic heterocycles. The highest BCUT2D eigenvalue weighted by Gasteiger charge is 1.99. The summed E-state index contributed by atoms with van der Waals surface area (Å²) in [5.74, 6) is 0.161. The van der Waals surface area contributed by atoms with E-state index in [2.05, 4.69) is 11.6 Å². The van der Waals surface area contributed by atoms with E-state index in [1.807, 2.05) is 13.0 Å². The van der Waals surface area contributed by atoms with Gasteiger partial charge in [0.05, 0.1) is 6.04 Å². The zero-order valence-electron chi connectivity index (χ0n) is 6.38. The van der Waals surface area contributed by atoms with E-state index in [0.717, 1.165) is 12.8 Å². The van der Waals surface area contributed by atoms with Crippen molar-refractivity contribution in [1.82, 2.24) is 0 Å². The Labute approximate surface area is 61.8 Å². The first-order valence-corrected chi connectivity index (χ1v) is 3.40. The van der Waals surface area contributed by atoms with Crippen molar-refractivity contribution in [3.8, 4) is 0 Å². The molecule has 0 bridgehead atoms. The summed E-state index contributed by atoms with van der Waals surface area (Å²) >= 11 is 0. The van der Waals surface area contributed by atoms with E-state index >= 15 is 0 Å². The van der Waals surface area contributed by atoms with Crippen molar-refractivity contribution in [2.24, 2.45) is 16.5 Å². The van der Waals surface area contributed by atoms with E-state index in [4.69, 9.17) is 11.5 Å². The maximum Gasteiger partial charge on any atom is 0.186 e. The lowest BCUT2D eigenvalue weighted by molar-refractivity contribution is 0.661. The lowest BCUT2D eigenvalue weighted by Gasteiger charge is -2.05. The third-order valence-electron chi connectivity index (χ3n) is 1.24. The fourth-order valence-corrected chi connectivity index (χ4v) is 0.714. The van der Waals surface area contributed by atoms with Gasteiger partial charge in [0.15, 0.2) is 5.96 Å². The quantitative estimate of drug-likeness (QED) is 0.342. The molecule has 0 fully saturated rings. The lowest BCUT2D eigenvalue weighted by Crippen LogP contribution is -2.25. The summed E-state index contributed by atoms with van der Waals surface area (Å²) in [5, 5.41) is 0. The van der Waals surface area contributed by atoms with Gasteiger partial charge in [-0.15, -0.1) is 6.58 Å². The highest BCUT2D eigenvalue weighted by Crippen LogP contribution is 2.02. The van der Waals surface area contributed by atoms with Crippen LogP contribution in [-0.4, -0.2) is 12.0 Å². The molecule has 4 N–H and O–H groups in total. The Morgan fingerprint density at radius 1 is 1.70 bits per heavy atom. The van der Waals surface area contributed by atoms with Crippen LogP contribution in [0, 0.1) is 0 Å². The molecule has 0 aliphatic carbocycles. The molecule has 3 heteroatoms. The Bertz CT molecular complexity index is 125. The van der Waals surface area contributed by atoms with Crippen LogP contribution in [0.3, 0.4) is 0 Å². The number of hydrogen-bond donors (Lipinski definition) is 2. The molecular formula is C7H15N3. The number of nitrogens with two attached hydrogens (primary N) is 2. The van der Waals surface area contributed by atoms with Gasteiger partial charge in [0.25, 0.3) is 0 Å². The van der Waals surface area contributed by atoms with E-state index in [1.54, 1.807) is 0 Å². The highest BCUT2D eigenvalue weighted by atomic mass is 15.0. The molecule has 1 unspecified atom stereocenters. The fourth-order valence-electron chi connectivity index (χ4n) is 0.714. The van der Waals surface area contributed by atoms with E-state index in [-0.39, 0.29) is 12.0 Å². The molecular weight excluding hydrogens is 126 g/mol. The normalized spacial score (nSPS) is 12.1. The van der Waals surface area contributed by atoms with Crippen molar-refractivity contribution in [1.29, 1.82) is 0 Å². The van der Waals surface area contributed by atoms with Crippen molar-refractivity contribution in [2.75, 3.05) is 0 Å². The number of nitrogens with zero attached hydrogens (tertiary/aromatic N) is 1. The second-order valence-corrected chi connectivity index (χ2v) is 2.14. The molecule has 0 aliphatic rings. The van der Waals surface area contributed by atoms with Crippen LogP contribution < -0.4 is 11.5 Å². The standard InChI is InChI=1S/C7H15N3/c1-3-5-6(4-2)10-7(8)9/h3,6H,1,4-5H2,2H3,(H4,8,9,10). The maximum absolute atomic E-state index is 5.19. The van der Waals surface area contributed by atoms with Gasteiger partial charge in [0, 0.05) is 0 Å². The minimum absolute atomic E-state index is 0.161. The molecule has 0 aromatic rings. The van der Waals surface area contributed by atoms with Gasteiger partial charge < -0.3 is 11.5 Å². The molecule has 0 aromatic heterocycles. The fraction of sp³-hybridized carbons (Fsp3) is 0.571. The van der Waals surface area contributed by atoms with Gasteiger partial charge in [-0.2, -0.15) is 0 Å². The van der Waals surface area contributed by atoms with Crippen molar-refractivity contribution in [3.63, 3.8) is 0 Å². The Morgan fingerprint density at radius 2 is 2.30 bits per heavy atom. The molecule has 0 radical (unpaired) electrons. The first-order valence-electron chi connectivity index (χ1n) is 3.40. The van der Waals surface area contributed by atoms with Crippen LogP contribution in [0.25, 0.3) is 0 Å². The lowest BCUT2D eigenvalue weighted by atomic mass is 10.2. The number of hydrogen-bond acceptors (Lipinski definition) is 1. The van der Waals surface area contributed by atoms with E-state index in [0.29, 0.717) is 0 Å². The molecule has 0 amide bonds. The van der Waals surface area contributed by atoms with E-state index in [1.165, 1.54) is 0 Å². The van der Waals surface area contributed by atoms with Crippen molar-refractivity contribution < 1.29 is 0 Å². The van der Waals surface area contributed by atoms with Crippen LogP contribution in [0.1, 0.15) is 19.8 Å². The van der Waals surface area contributed by atoms with Crippen LogP contribution in [0.2, 0.25) is 0 Å². The summed E-state index contributed by atoms with van der Waals surface area (Å²) in [5.41, 5.74) is 10.4. The number of guanidine groups is 1. The van der Waals surface area contributed by atoms with Crippen molar-refractivity contribution >= 4 is 5.96 Å². The Morgan fingerprint density at radius 3 is 2.60 bits per heavy atom. The van der Waals surface area contributed by atoms with Crippen LogP contribution in [0.4, 0.5) is 0 Å². The molecule has 0 rings (SSSR count). The average Bonchev–Trinajstić information content (AvgIpc) is 1.86. The molecule has 0 aromatic carbocycles. The van der Waals surface area contributed by atoms with Crippen LogP contribution in [-0.2, 0) is 0 Å². The zero-order valence-corrected chi connectivity index (χ0v) is 6.38. The van der Waals surface area contributed by atoms with Gasteiger partial charge in [-0.1, -0.05) is 13.0 Å². The van der Waals surface area contributed by atoms with Gasteiger partial charge in [-0.3, -0.25) is 4.99 Å². The molecule has 0 spiro atoms. The molecule has 3 nitrogen and oxygen atoms in total. The molecule has 0 saturated heterocycles. The topological polar surface area (TPSA) is 64.4 Å². The largest absolute Gasteiger partial charge is 0.370 e. The summed E-state index contributed by atoms with van der Waals surface area (Å²) in [4.78, 5) is 3.99. The predicted molar refractivity (Wildman–Crippen MR) is 44.7 cm³/mol. The molecule has 0 saturated carbocycles. The summed E-state index contributed by atoms with van der Waals surface area (Å²) < 4.78 is 0. The van der Waals surface area contributed by atoms with Gasteiger partial charge in [0.2, 0.25) is 0 Å². The average molecular weight is 141 g/mol. The Kier molecular flexibility index (Phi) is 4.37. The second kappa shape index (κ2) is 4.85. The smallest absolute Gasteiger partial charge is 0.186 e. The van der Waals surface area contributed by atoms with Crippen LogP contribution in [0.5, 0.6) is 0 Å². The third-order valence-corrected chi connectivity index (χ3v) is 1.24. The van der Waals surface area contributed by atoms with Gasteiger partial charge in [-0.25, -0.2) is 0 Å². The summed E-state index contributed by atoms with van der Waals surface area (Å²) in [6, 6.07) is 0.211.